The summed E-state index contributed by atoms with van der Waals surface area (Å²) in [6.07, 6.45) is 0.897. The van der Waals surface area contributed by atoms with Crippen molar-refractivity contribution in [1.29, 1.82) is 0 Å². The fourth-order valence-corrected chi connectivity index (χ4v) is 1.90. The molecule has 2 rings (SSSR count). The van der Waals surface area contributed by atoms with E-state index < -0.39 is 0 Å². The molecule has 18 heavy (non-hydrogen) atoms. The van der Waals surface area contributed by atoms with Gasteiger partial charge in [-0.15, -0.1) is 0 Å². The van der Waals surface area contributed by atoms with Crippen LogP contribution >= 0.6 is 12.8 Å². The van der Waals surface area contributed by atoms with Crippen LogP contribution in [0.25, 0.3) is 0 Å². The maximum Gasteiger partial charge on any atom is 0.233 e. The first-order valence-electron chi connectivity index (χ1n) is 5.79. The Labute approximate surface area is 113 Å². The molecule has 0 aliphatic rings. The predicted octanol–water partition coefficient (Wildman–Crippen LogP) is 3.48. The summed E-state index contributed by atoms with van der Waals surface area (Å²) in [6.45, 7) is 1.49. The van der Waals surface area contributed by atoms with E-state index in [4.69, 9.17) is 0 Å². The normalized spacial score (nSPS) is 10.1. The minimum atomic E-state index is -0.0888. The molecule has 0 atom stereocenters. The molecule has 2 nitrogen and oxygen atoms in total. The molecule has 2 aromatic rings. The fraction of sp³-hybridized carbons (Fsp3) is 0.133. The lowest BCUT2D eigenvalue weighted by atomic mass is 10.0. The minimum Gasteiger partial charge on any atom is -0.274 e. The molecule has 3 heteroatoms. The molecule has 0 aliphatic carbocycles. The van der Waals surface area contributed by atoms with E-state index in [1.54, 1.807) is 0 Å². The first-order valence-corrected chi connectivity index (χ1v) is 6.19. The van der Waals surface area contributed by atoms with E-state index in [0.29, 0.717) is 0 Å². The van der Waals surface area contributed by atoms with Gasteiger partial charge in [0.25, 0.3) is 0 Å². The molecule has 0 aromatic heterocycles. The quantitative estimate of drug-likeness (QED) is 0.835. The Morgan fingerprint density at radius 2 is 1.56 bits per heavy atom. The molecule has 0 saturated heterocycles. The Kier molecular flexibility index (Phi) is 4.05. The van der Waals surface area contributed by atoms with Crippen LogP contribution in [0.2, 0.25) is 0 Å². The summed E-state index contributed by atoms with van der Waals surface area (Å²) >= 11 is 4.13. The molecular formula is C15H15NOS. The average molecular weight is 257 g/mol. The molecule has 0 saturated carbocycles. The zero-order chi connectivity index (χ0) is 13.0. The molecule has 0 N–H and O–H groups in total. The molecular weight excluding hydrogens is 242 g/mol. The van der Waals surface area contributed by atoms with E-state index in [1.807, 2.05) is 42.5 Å². The van der Waals surface area contributed by atoms with E-state index in [-0.39, 0.29) is 5.91 Å². The third-order valence-electron chi connectivity index (χ3n) is 2.73. The van der Waals surface area contributed by atoms with Gasteiger partial charge in [0.15, 0.2) is 0 Å². The van der Waals surface area contributed by atoms with Gasteiger partial charge < -0.3 is 0 Å². The molecule has 0 spiro atoms. The van der Waals surface area contributed by atoms with Gasteiger partial charge in [-0.25, -0.2) is 0 Å². The third-order valence-corrected chi connectivity index (χ3v) is 3.24. The van der Waals surface area contributed by atoms with E-state index in [2.05, 4.69) is 24.9 Å². The Hall–Kier alpha value is -1.74. The van der Waals surface area contributed by atoms with Crippen LogP contribution in [-0.4, -0.2) is 5.91 Å². The zero-order valence-corrected chi connectivity index (χ0v) is 11.1. The summed E-state index contributed by atoms with van der Waals surface area (Å²) in [6, 6.07) is 18.2. The molecule has 0 heterocycles. The van der Waals surface area contributed by atoms with Gasteiger partial charge in [0.2, 0.25) is 5.91 Å². The second-order valence-corrected chi connectivity index (χ2v) is 4.56. The lowest BCUT2D eigenvalue weighted by molar-refractivity contribution is -0.115. The highest BCUT2D eigenvalue weighted by atomic mass is 32.1. The van der Waals surface area contributed by atoms with Crippen molar-refractivity contribution in [1.82, 2.24) is 0 Å². The molecule has 92 valence electrons. The molecule has 0 fully saturated rings. The van der Waals surface area contributed by atoms with E-state index >= 15 is 0 Å². The van der Waals surface area contributed by atoms with E-state index in [0.717, 1.165) is 12.1 Å². The van der Waals surface area contributed by atoms with Crippen molar-refractivity contribution < 1.29 is 4.79 Å². The molecule has 0 bridgehead atoms. The number of hydrogen-bond acceptors (Lipinski definition) is 2. The van der Waals surface area contributed by atoms with Crippen molar-refractivity contribution >= 4 is 24.4 Å². The highest BCUT2D eigenvalue weighted by Crippen LogP contribution is 2.18. The summed E-state index contributed by atoms with van der Waals surface area (Å²) in [7, 11) is 0. The summed E-state index contributed by atoms with van der Waals surface area (Å²) in [5.41, 5.74) is 3.29. The molecule has 0 aliphatic heterocycles. The average Bonchev–Trinajstić information content (AvgIpc) is 2.40. The van der Waals surface area contributed by atoms with Crippen molar-refractivity contribution in [2.24, 2.45) is 0 Å². The van der Waals surface area contributed by atoms with Gasteiger partial charge in [-0.05, 0) is 29.7 Å². The van der Waals surface area contributed by atoms with Crippen molar-refractivity contribution in [2.75, 3.05) is 4.31 Å². The lowest BCUT2D eigenvalue weighted by Crippen LogP contribution is -2.16. The first kappa shape index (κ1) is 12.7. The topological polar surface area (TPSA) is 20.3 Å². The molecule has 2 aromatic carbocycles. The Bertz CT molecular complexity index is 522. The highest BCUT2D eigenvalue weighted by Gasteiger charge is 2.06. The third kappa shape index (κ3) is 3.14. The Morgan fingerprint density at radius 3 is 2.11 bits per heavy atom. The largest absolute Gasteiger partial charge is 0.274 e. The smallest absolute Gasteiger partial charge is 0.233 e. The maximum atomic E-state index is 11.2. The van der Waals surface area contributed by atoms with Crippen LogP contribution in [0.3, 0.4) is 0 Å². The van der Waals surface area contributed by atoms with Gasteiger partial charge in [0.1, 0.15) is 0 Å². The van der Waals surface area contributed by atoms with Crippen molar-refractivity contribution in [3.8, 4) is 0 Å². The number of benzene rings is 2. The van der Waals surface area contributed by atoms with Gasteiger partial charge in [0, 0.05) is 6.92 Å². The van der Waals surface area contributed by atoms with Gasteiger partial charge >= 0.3 is 0 Å². The van der Waals surface area contributed by atoms with Gasteiger partial charge in [-0.3, -0.25) is 9.10 Å². The first-order chi connectivity index (χ1) is 8.66. The van der Waals surface area contributed by atoms with Crippen molar-refractivity contribution in [3.05, 3.63) is 65.7 Å². The summed E-state index contributed by atoms with van der Waals surface area (Å²) in [5, 5.41) is 0. The van der Waals surface area contributed by atoms with Crippen LogP contribution in [0, 0.1) is 0 Å². The lowest BCUT2D eigenvalue weighted by Gasteiger charge is -2.13. The van der Waals surface area contributed by atoms with Crippen LogP contribution in [0.5, 0.6) is 0 Å². The number of carbonyl (C=O) groups excluding carboxylic acids is 1. The number of carbonyl (C=O) groups is 1. The van der Waals surface area contributed by atoms with Crippen LogP contribution < -0.4 is 4.31 Å². The zero-order valence-electron chi connectivity index (χ0n) is 10.2. The summed E-state index contributed by atoms with van der Waals surface area (Å²) in [4.78, 5) is 11.2. The second kappa shape index (κ2) is 5.74. The number of rotatable bonds is 3. The van der Waals surface area contributed by atoms with Crippen LogP contribution in [0.15, 0.2) is 54.6 Å². The van der Waals surface area contributed by atoms with Crippen molar-refractivity contribution in [3.63, 3.8) is 0 Å². The van der Waals surface area contributed by atoms with Crippen LogP contribution in [0.4, 0.5) is 5.69 Å². The molecule has 0 radical (unpaired) electrons. The van der Waals surface area contributed by atoms with Gasteiger partial charge in [-0.1, -0.05) is 55.3 Å². The van der Waals surface area contributed by atoms with E-state index in [1.165, 1.54) is 22.4 Å². The fourth-order valence-electron chi connectivity index (χ4n) is 1.77. The monoisotopic (exact) mass is 257 g/mol. The number of anilines is 1. The Balaban J connectivity index is 2.11. The van der Waals surface area contributed by atoms with E-state index in [9.17, 15) is 4.79 Å². The molecule has 1 amide bonds. The van der Waals surface area contributed by atoms with Crippen LogP contribution in [0.1, 0.15) is 18.1 Å². The predicted molar refractivity (Wildman–Crippen MR) is 77.8 cm³/mol. The molecule has 0 unspecified atom stereocenters. The van der Waals surface area contributed by atoms with Gasteiger partial charge in [-0.2, -0.15) is 0 Å². The number of hydrogen-bond donors (Lipinski definition) is 1. The summed E-state index contributed by atoms with van der Waals surface area (Å²) < 4.78 is 1.34. The number of thiol groups is 1. The van der Waals surface area contributed by atoms with Gasteiger partial charge in [0.05, 0.1) is 5.69 Å². The highest BCUT2D eigenvalue weighted by molar-refractivity contribution is 7.82. The van der Waals surface area contributed by atoms with Crippen LogP contribution in [-0.2, 0) is 11.2 Å². The standard InChI is InChI=1S/C15H15NOS/c1-12(17)16(18)15-9-7-14(8-10-15)11-13-5-3-2-4-6-13/h2-10,18H,11H2,1H3. The van der Waals surface area contributed by atoms with Crippen molar-refractivity contribution in [2.45, 2.75) is 13.3 Å². The Morgan fingerprint density at radius 1 is 1.00 bits per heavy atom. The number of amides is 1. The summed E-state index contributed by atoms with van der Waals surface area (Å²) in [5.74, 6) is -0.0888. The SMILES string of the molecule is CC(=O)N(S)c1ccc(Cc2ccccc2)cc1. The second-order valence-electron chi connectivity index (χ2n) is 4.16. The number of nitrogens with zero attached hydrogens (tertiary/aromatic N) is 1. The maximum absolute atomic E-state index is 11.2. The minimum absolute atomic E-state index is 0.0888.